The average Bonchev–Trinajstić information content (AvgIpc) is 2.35. The molecule has 0 bridgehead atoms. The SMILES string of the molecule is C=Cc1cc2c(=O)[nH]c(=O)n(C(C)(C)C)c2cc1C=C. The third kappa shape index (κ3) is 2.13. The Balaban J connectivity index is 3.10. The fourth-order valence-electron chi connectivity index (χ4n) is 2.34. The van der Waals surface area contributed by atoms with Gasteiger partial charge in [-0.2, -0.15) is 0 Å². The van der Waals surface area contributed by atoms with E-state index in [2.05, 4.69) is 18.1 Å². The second-order valence-electron chi connectivity index (χ2n) is 5.67. The Morgan fingerprint density at radius 3 is 2.15 bits per heavy atom. The van der Waals surface area contributed by atoms with Gasteiger partial charge in [-0.25, -0.2) is 4.79 Å². The molecule has 0 saturated carbocycles. The molecule has 2 rings (SSSR count). The molecule has 4 nitrogen and oxygen atoms in total. The van der Waals surface area contributed by atoms with Crippen LogP contribution in [-0.4, -0.2) is 9.55 Å². The van der Waals surface area contributed by atoms with Crippen LogP contribution >= 0.6 is 0 Å². The summed E-state index contributed by atoms with van der Waals surface area (Å²) in [5, 5.41) is 0.472. The molecule has 0 saturated heterocycles. The van der Waals surface area contributed by atoms with Gasteiger partial charge in [-0.3, -0.25) is 14.3 Å². The highest BCUT2D eigenvalue weighted by molar-refractivity contribution is 5.85. The maximum absolute atomic E-state index is 12.1. The summed E-state index contributed by atoms with van der Waals surface area (Å²) in [5.41, 5.74) is 1.04. The van der Waals surface area contributed by atoms with Gasteiger partial charge in [0.15, 0.2) is 0 Å². The molecule has 0 amide bonds. The molecular weight excluding hydrogens is 252 g/mol. The highest BCUT2D eigenvalue weighted by Crippen LogP contribution is 2.22. The van der Waals surface area contributed by atoms with Crippen LogP contribution in [0.1, 0.15) is 31.9 Å². The summed E-state index contributed by atoms with van der Waals surface area (Å²) in [4.78, 5) is 26.5. The maximum atomic E-state index is 12.1. The molecule has 0 spiro atoms. The van der Waals surface area contributed by atoms with Crippen LogP contribution in [0, 0.1) is 0 Å². The lowest BCUT2D eigenvalue weighted by Crippen LogP contribution is -2.39. The van der Waals surface area contributed by atoms with Gasteiger partial charge in [0.05, 0.1) is 10.9 Å². The summed E-state index contributed by atoms with van der Waals surface area (Å²) in [6.07, 6.45) is 3.36. The fraction of sp³-hybridized carbons (Fsp3) is 0.250. The van der Waals surface area contributed by atoms with Crippen LogP contribution in [0.15, 0.2) is 34.9 Å². The van der Waals surface area contributed by atoms with Crippen molar-refractivity contribution in [3.63, 3.8) is 0 Å². The van der Waals surface area contributed by atoms with Crippen molar-refractivity contribution >= 4 is 23.1 Å². The topological polar surface area (TPSA) is 54.9 Å². The number of hydrogen-bond donors (Lipinski definition) is 1. The van der Waals surface area contributed by atoms with Crippen LogP contribution in [-0.2, 0) is 5.54 Å². The van der Waals surface area contributed by atoms with Crippen molar-refractivity contribution in [3.8, 4) is 0 Å². The lowest BCUT2D eigenvalue weighted by atomic mass is 10.0. The highest BCUT2D eigenvalue weighted by Gasteiger charge is 2.19. The third-order valence-corrected chi connectivity index (χ3v) is 3.22. The Labute approximate surface area is 117 Å². The van der Waals surface area contributed by atoms with Gasteiger partial charge in [0.25, 0.3) is 5.56 Å². The molecule has 20 heavy (non-hydrogen) atoms. The molecule has 1 heterocycles. The average molecular weight is 270 g/mol. The van der Waals surface area contributed by atoms with Crippen LogP contribution < -0.4 is 11.2 Å². The standard InChI is InChI=1S/C16H18N2O2/c1-6-10-8-12-13(9-11(10)7-2)18(16(3,4)5)15(20)17-14(12)19/h6-9H,1-2H2,3-5H3,(H,17,19,20). The molecular formula is C16H18N2O2. The van der Waals surface area contributed by atoms with Crippen molar-refractivity contribution in [1.82, 2.24) is 9.55 Å². The summed E-state index contributed by atoms with van der Waals surface area (Å²) in [5.74, 6) is 0. The van der Waals surface area contributed by atoms with Gasteiger partial charge >= 0.3 is 5.69 Å². The fourth-order valence-corrected chi connectivity index (χ4v) is 2.34. The Bertz CT molecular complexity index is 817. The summed E-state index contributed by atoms with van der Waals surface area (Å²) in [6.45, 7) is 13.3. The van der Waals surface area contributed by atoms with E-state index in [1.54, 1.807) is 28.9 Å². The number of rotatable bonds is 2. The van der Waals surface area contributed by atoms with Crippen LogP contribution in [0.2, 0.25) is 0 Å². The molecule has 0 aliphatic heterocycles. The molecule has 0 fully saturated rings. The first-order valence-electron chi connectivity index (χ1n) is 6.38. The van der Waals surface area contributed by atoms with E-state index in [1.807, 2.05) is 20.8 Å². The number of fused-ring (bicyclic) bond motifs is 1. The van der Waals surface area contributed by atoms with Crippen molar-refractivity contribution < 1.29 is 0 Å². The van der Waals surface area contributed by atoms with Crippen molar-refractivity contribution in [2.75, 3.05) is 0 Å². The molecule has 1 N–H and O–H groups in total. The van der Waals surface area contributed by atoms with E-state index in [0.29, 0.717) is 10.9 Å². The minimum atomic E-state index is -0.437. The van der Waals surface area contributed by atoms with E-state index in [1.165, 1.54) is 0 Å². The van der Waals surface area contributed by atoms with E-state index < -0.39 is 11.2 Å². The molecule has 0 aliphatic rings. The molecule has 0 radical (unpaired) electrons. The first kappa shape index (κ1) is 14.1. The molecule has 1 aromatic heterocycles. The first-order valence-corrected chi connectivity index (χ1v) is 6.38. The molecule has 104 valence electrons. The van der Waals surface area contributed by atoms with E-state index in [9.17, 15) is 9.59 Å². The Morgan fingerprint density at radius 1 is 1.10 bits per heavy atom. The van der Waals surface area contributed by atoms with E-state index >= 15 is 0 Å². The molecule has 0 aliphatic carbocycles. The normalized spacial score (nSPS) is 11.6. The zero-order valence-electron chi connectivity index (χ0n) is 12.0. The molecule has 4 heteroatoms. The zero-order chi connectivity index (χ0) is 15.1. The zero-order valence-corrected chi connectivity index (χ0v) is 12.0. The van der Waals surface area contributed by atoms with Gasteiger partial charge < -0.3 is 0 Å². The second kappa shape index (κ2) is 4.63. The van der Waals surface area contributed by atoms with E-state index in [-0.39, 0.29) is 5.56 Å². The Hall–Kier alpha value is -2.36. The van der Waals surface area contributed by atoms with Crippen molar-refractivity contribution in [3.05, 3.63) is 57.3 Å². The van der Waals surface area contributed by atoms with Crippen LogP contribution in [0.4, 0.5) is 0 Å². The van der Waals surface area contributed by atoms with E-state index in [4.69, 9.17) is 0 Å². The lowest BCUT2D eigenvalue weighted by Gasteiger charge is -2.24. The number of aromatic nitrogens is 2. The number of H-pyrrole nitrogens is 1. The quantitative estimate of drug-likeness (QED) is 0.912. The predicted octanol–water partition coefficient (Wildman–Crippen LogP) is 2.73. The number of nitrogens with one attached hydrogen (secondary N) is 1. The van der Waals surface area contributed by atoms with Crippen molar-refractivity contribution in [1.29, 1.82) is 0 Å². The molecule has 0 unspecified atom stereocenters. The van der Waals surface area contributed by atoms with Gasteiger partial charge in [0.2, 0.25) is 0 Å². The minimum Gasteiger partial charge on any atom is -0.288 e. The lowest BCUT2D eigenvalue weighted by molar-refractivity contribution is 0.391. The van der Waals surface area contributed by atoms with Crippen LogP contribution in [0.5, 0.6) is 0 Å². The Kier molecular flexibility index (Phi) is 3.26. The second-order valence-corrected chi connectivity index (χ2v) is 5.67. The van der Waals surface area contributed by atoms with Crippen molar-refractivity contribution in [2.45, 2.75) is 26.3 Å². The third-order valence-electron chi connectivity index (χ3n) is 3.22. The summed E-state index contributed by atoms with van der Waals surface area (Å²) < 4.78 is 1.59. The predicted molar refractivity (Wildman–Crippen MR) is 84.0 cm³/mol. The molecule has 0 atom stereocenters. The highest BCUT2D eigenvalue weighted by atomic mass is 16.2. The number of hydrogen-bond acceptors (Lipinski definition) is 2. The summed E-state index contributed by atoms with van der Waals surface area (Å²) in [7, 11) is 0. The van der Waals surface area contributed by atoms with Gasteiger partial charge in [0.1, 0.15) is 0 Å². The monoisotopic (exact) mass is 270 g/mol. The largest absolute Gasteiger partial charge is 0.329 e. The maximum Gasteiger partial charge on any atom is 0.329 e. The van der Waals surface area contributed by atoms with Gasteiger partial charge in [-0.15, -0.1) is 0 Å². The Morgan fingerprint density at radius 2 is 1.65 bits per heavy atom. The summed E-state index contributed by atoms with van der Waals surface area (Å²) >= 11 is 0. The van der Waals surface area contributed by atoms with E-state index in [0.717, 1.165) is 11.1 Å². The number of nitrogens with zero attached hydrogens (tertiary/aromatic N) is 1. The molecule has 1 aromatic carbocycles. The van der Waals surface area contributed by atoms with Crippen LogP contribution in [0.3, 0.4) is 0 Å². The van der Waals surface area contributed by atoms with Gasteiger partial charge in [-0.05, 0) is 44.0 Å². The minimum absolute atomic E-state index is 0.385. The summed E-state index contributed by atoms with van der Waals surface area (Å²) in [6, 6.07) is 3.54. The van der Waals surface area contributed by atoms with Gasteiger partial charge in [0, 0.05) is 5.54 Å². The molecule has 2 aromatic rings. The number of benzene rings is 1. The first-order chi connectivity index (χ1) is 9.29. The van der Waals surface area contributed by atoms with Gasteiger partial charge in [-0.1, -0.05) is 25.3 Å². The van der Waals surface area contributed by atoms with Crippen molar-refractivity contribution in [2.24, 2.45) is 0 Å². The smallest absolute Gasteiger partial charge is 0.288 e. The number of aromatic amines is 1. The van der Waals surface area contributed by atoms with Crippen LogP contribution in [0.25, 0.3) is 23.1 Å².